The number of benzene rings is 1. The third-order valence-electron chi connectivity index (χ3n) is 5.48. The maximum absolute atomic E-state index is 12.6. The molecule has 1 aromatic carbocycles. The smallest absolute Gasteiger partial charge is 0.330 e. The molecule has 0 radical (unpaired) electrons. The third kappa shape index (κ3) is 2.64. The standard InChI is InChI=1S/C20H18N2O6/c1-11(22-18(25)14-8-4-5-9-15(14)19(22)26)20(27)28-10-21-16(23)12-6-2-3-7-13(12)17(21)24/h2-7,11,14-15H,8-10H2,1H3/t11-,14?,15?/m0/s1. The van der Waals surface area contributed by atoms with Crippen molar-refractivity contribution in [2.45, 2.75) is 25.8 Å². The molecular weight excluding hydrogens is 364 g/mol. The van der Waals surface area contributed by atoms with E-state index in [1.807, 2.05) is 12.2 Å². The van der Waals surface area contributed by atoms with E-state index in [1.165, 1.54) is 19.1 Å². The van der Waals surface area contributed by atoms with Gasteiger partial charge < -0.3 is 4.74 Å². The first-order chi connectivity index (χ1) is 13.4. The number of hydrogen-bond acceptors (Lipinski definition) is 6. The van der Waals surface area contributed by atoms with Gasteiger partial charge in [-0.2, -0.15) is 0 Å². The first kappa shape index (κ1) is 18.1. The highest BCUT2D eigenvalue weighted by Gasteiger charge is 2.50. The molecule has 4 amide bonds. The molecule has 3 aliphatic rings. The summed E-state index contributed by atoms with van der Waals surface area (Å²) in [5, 5.41) is 0. The van der Waals surface area contributed by atoms with E-state index in [-0.39, 0.29) is 22.9 Å². The van der Waals surface area contributed by atoms with E-state index in [1.54, 1.807) is 12.1 Å². The fourth-order valence-corrected chi connectivity index (χ4v) is 3.92. The summed E-state index contributed by atoms with van der Waals surface area (Å²) < 4.78 is 5.11. The molecule has 8 heteroatoms. The van der Waals surface area contributed by atoms with Gasteiger partial charge in [-0.15, -0.1) is 0 Å². The summed E-state index contributed by atoms with van der Waals surface area (Å²) in [6.07, 6.45) is 4.67. The van der Waals surface area contributed by atoms with Gasteiger partial charge >= 0.3 is 5.97 Å². The second kappa shape index (κ2) is 6.70. The molecular formula is C20H18N2O6. The highest BCUT2D eigenvalue weighted by atomic mass is 16.5. The fraction of sp³-hybridized carbons (Fsp3) is 0.350. The Morgan fingerprint density at radius 1 is 1.00 bits per heavy atom. The Balaban J connectivity index is 1.42. The first-order valence-electron chi connectivity index (χ1n) is 9.05. The molecule has 1 fully saturated rings. The average molecular weight is 382 g/mol. The Morgan fingerprint density at radius 3 is 2.00 bits per heavy atom. The van der Waals surface area contributed by atoms with Crippen LogP contribution in [-0.4, -0.2) is 52.2 Å². The number of fused-ring (bicyclic) bond motifs is 2. The number of esters is 1. The minimum Gasteiger partial charge on any atom is -0.442 e. The third-order valence-corrected chi connectivity index (χ3v) is 5.48. The Morgan fingerprint density at radius 2 is 1.50 bits per heavy atom. The van der Waals surface area contributed by atoms with E-state index in [0.29, 0.717) is 12.8 Å². The van der Waals surface area contributed by atoms with E-state index >= 15 is 0 Å². The number of rotatable bonds is 4. The molecule has 1 saturated heterocycles. The van der Waals surface area contributed by atoms with E-state index in [4.69, 9.17) is 4.74 Å². The molecule has 144 valence electrons. The molecule has 0 N–H and O–H groups in total. The van der Waals surface area contributed by atoms with E-state index < -0.39 is 42.4 Å². The summed E-state index contributed by atoms with van der Waals surface area (Å²) in [5.74, 6) is -3.59. The van der Waals surface area contributed by atoms with Gasteiger partial charge in [0.2, 0.25) is 11.8 Å². The number of allylic oxidation sites excluding steroid dienone is 2. The quantitative estimate of drug-likeness (QED) is 0.439. The molecule has 0 spiro atoms. The van der Waals surface area contributed by atoms with Crippen molar-refractivity contribution < 1.29 is 28.7 Å². The highest BCUT2D eigenvalue weighted by Crippen LogP contribution is 2.36. The summed E-state index contributed by atoms with van der Waals surface area (Å²) in [5.41, 5.74) is 0.496. The van der Waals surface area contributed by atoms with Crippen LogP contribution in [0.3, 0.4) is 0 Å². The largest absolute Gasteiger partial charge is 0.442 e. The summed E-state index contributed by atoms with van der Waals surface area (Å²) in [6.45, 7) is 0.839. The number of amides is 4. The molecule has 0 aromatic heterocycles. The van der Waals surface area contributed by atoms with Gasteiger partial charge in [0.25, 0.3) is 11.8 Å². The van der Waals surface area contributed by atoms with Gasteiger partial charge in [-0.1, -0.05) is 24.3 Å². The van der Waals surface area contributed by atoms with Crippen LogP contribution in [0, 0.1) is 11.8 Å². The lowest BCUT2D eigenvalue weighted by Crippen LogP contribution is -2.45. The lowest BCUT2D eigenvalue weighted by Gasteiger charge is -2.22. The van der Waals surface area contributed by atoms with E-state index in [9.17, 15) is 24.0 Å². The zero-order valence-electron chi connectivity index (χ0n) is 15.2. The molecule has 1 aromatic rings. The van der Waals surface area contributed by atoms with Crippen molar-refractivity contribution in [3.8, 4) is 0 Å². The number of ether oxygens (including phenoxy) is 1. The molecule has 2 aliphatic heterocycles. The van der Waals surface area contributed by atoms with Crippen molar-refractivity contribution in [2.75, 3.05) is 6.73 Å². The van der Waals surface area contributed by atoms with Crippen molar-refractivity contribution in [3.63, 3.8) is 0 Å². The van der Waals surface area contributed by atoms with Crippen molar-refractivity contribution in [2.24, 2.45) is 11.8 Å². The van der Waals surface area contributed by atoms with Crippen LogP contribution in [0.5, 0.6) is 0 Å². The van der Waals surface area contributed by atoms with E-state index in [2.05, 4.69) is 0 Å². The Labute approximate surface area is 160 Å². The number of nitrogens with zero attached hydrogens (tertiary/aromatic N) is 2. The number of carbonyl (C=O) groups is 5. The van der Waals surface area contributed by atoms with Crippen molar-refractivity contribution in [1.29, 1.82) is 0 Å². The summed E-state index contributed by atoms with van der Waals surface area (Å²) in [7, 11) is 0. The van der Waals surface area contributed by atoms with Gasteiger partial charge in [-0.3, -0.25) is 24.1 Å². The molecule has 0 bridgehead atoms. The molecule has 4 rings (SSSR count). The maximum Gasteiger partial charge on any atom is 0.330 e. The zero-order chi connectivity index (χ0) is 20.0. The van der Waals surface area contributed by atoms with Crippen molar-refractivity contribution in [1.82, 2.24) is 9.80 Å². The summed E-state index contributed by atoms with van der Waals surface area (Å²) in [6, 6.07) is 5.20. The molecule has 0 saturated carbocycles. The van der Waals surface area contributed by atoms with Gasteiger partial charge in [-0.25, -0.2) is 9.69 Å². The predicted molar refractivity (Wildman–Crippen MR) is 94.6 cm³/mol. The number of carbonyl (C=O) groups excluding carboxylic acids is 5. The van der Waals surface area contributed by atoms with Crippen LogP contribution in [0.1, 0.15) is 40.5 Å². The Bertz CT molecular complexity index is 875. The van der Waals surface area contributed by atoms with Crippen LogP contribution in [0.4, 0.5) is 0 Å². The van der Waals surface area contributed by atoms with Gasteiger partial charge in [0, 0.05) is 0 Å². The second-order valence-corrected chi connectivity index (χ2v) is 7.05. The van der Waals surface area contributed by atoms with Crippen molar-refractivity contribution >= 4 is 29.6 Å². The second-order valence-electron chi connectivity index (χ2n) is 7.05. The van der Waals surface area contributed by atoms with Crippen LogP contribution >= 0.6 is 0 Å². The SMILES string of the molecule is C[C@@H](C(=O)OCN1C(=O)c2ccccc2C1=O)N1C(=O)C2CC=CCC2C1=O. The Kier molecular flexibility index (Phi) is 4.33. The average Bonchev–Trinajstić information content (AvgIpc) is 3.11. The normalized spacial score (nSPS) is 24.5. The van der Waals surface area contributed by atoms with E-state index in [0.717, 1.165) is 9.80 Å². The van der Waals surface area contributed by atoms with Crippen LogP contribution in [0.25, 0.3) is 0 Å². The number of imide groups is 2. The predicted octanol–water partition coefficient (Wildman–Crippen LogP) is 1.12. The minimum atomic E-state index is -1.12. The summed E-state index contributed by atoms with van der Waals surface area (Å²) >= 11 is 0. The van der Waals surface area contributed by atoms with Gasteiger partial charge in [0.05, 0.1) is 23.0 Å². The van der Waals surface area contributed by atoms with Gasteiger partial charge in [-0.05, 0) is 31.9 Å². The molecule has 2 unspecified atom stereocenters. The van der Waals surface area contributed by atoms with Gasteiger partial charge in [0.15, 0.2) is 6.73 Å². The molecule has 1 aliphatic carbocycles. The zero-order valence-corrected chi connectivity index (χ0v) is 15.2. The minimum absolute atomic E-state index is 0.248. The van der Waals surface area contributed by atoms with Crippen LogP contribution in [0.2, 0.25) is 0 Å². The molecule has 8 nitrogen and oxygen atoms in total. The van der Waals surface area contributed by atoms with Crippen LogP contribution in [-0.2, 0) is 19.1 Å². The number of hydrogen-bond donors (Lipinski definition) is 0. The topological polar surface area (TPSA) is 101 Å². The molecule has 3 atom stereocenters. The maximum atomic E-state index is 12.6. The Hall–Kier alpha value is -3.29. The molecule has 2 heterocycles. The van der Waals surface area contributed by atoms with Crippen LogP contribution < -0.4 is 0 Å². The fourth-order valence-electron chi connectivity index (χ4n) is 3.92. The lowest BCUT2D eigenvalue weighted by molar-refractivity contribution is -0.159. The monoisotopic (exact) mass is 382 g/mol. The number of likely N-dealkylation sites (tertiary alicyclic amines) is 1. The van der Waals surface area contributed by atoms with Gasteiger partial charge in [0.1, 0.15) is 6.04 Å². The first-order valence-corrected chi connectivity index (χ1v) is 9.05. The molecule has 28 heavy (non-hydrogen) atoms. The lowest BCUT2D eigenvalue weighted by atomic mass is 9.85. The van der Waals surface area contributed by atoms with Crippen LogP contribution in [0.15, 0.2) is 36.4 Å². The van der Waals surface area contributed by atoms with Crippen molar-refractivity contribution in [3.05, 3.63) is 47.5 Å². The summed E-state index contributed by atoms with van der Waals surface area (Å²) in [4.78, 5) is 63.9. The highest BCUT2D eigenvalue weighted by molar-refractivity contribution is 6.21.